The number of anilines is 1. The molecule has 2 atom stereocenters. The summed E-state index contributed by atoms with van der Waals surface area (Å²) in [6.45, 7) is 9.61. The Morgan fingerprint density at radius 1 is 1.13 bits per heavy atom. The highest BCUT2D eigenvalue weighted by molar-refractivity contribution is 5.80. The lowest BCUT2D eigenvalue weighted by Crippen LogP contribution is -2.35. The van der Waals surface area contributed by atoms with Crippen molar-refractivity contribution in [3.8, 4) is 0 Å². The highest BCUT2D eigenvalue weighted by Gasteiger charge is 2.39. The minimum Gasteiger partial charge on any atom is -0.356 e. The lowest BCUT2D eigenvalue weighted by Gasteiger charge is -2.20. The molecule has 0 saturated carbocycles. The maximum Gasteiger partial charge on any atom is 0.225 e. The summed E-state index contributed by atoms with van der Waals surface area (Å²) in [6, 6.07) is 12.5. The molecule has 166 valence electrons. The molecule has 1 aromatic carbocycles. The van der Waals surface area contributed by atoms with Gasteiger partial charge < -0.3 is 10.2 Å². The second-order valence-corrected chi connectivity index (χ2v) is 9.34. The molecule has 2 aliphatic heterocycles. The van der Waals surface area contributed by atoms with Crippen molar-refractivity contribution in [1.29, 1.82) is 0 Å². The minimum atomic E-state index is -0.0859. The van der Waals surface area contributed by atoms with Crippen LogP contribution in [0.5, 0.6) is 0 Å². The zero-order chi connectivity index (χ0) is 21.6. The van der Waals surface area contributed by atoms with Crippen molar-refractivity contribution in [3.63, 3.8) is 0 Å². The van der Waals surface area contributed by atoms with E-state index >= 15 is 0 Å². The van der Waals surface area contributed by atoms with E-state index in [1.807, 2.05) is 18.3 Å². The lowest BCUT2D eigenvalue weighted by molar-refractivity contribution is -0.125. The summed E-state index contributed by atoms with van der Waals surface area (Å²) < 4.78 is 0. The van der Waals surface area contributed by atoms with Crippen LogP contribution in [0.25, 0.3) is 0 Å². The SMILES string of the molecule is CC(C)CCNC(=O)[C@H]1CN(Cc2ccccc2)C[C@@H]1c1ccnc(N2CCCC2)n1. The van der Waals surface area contributed by atoms with Crippen LogP contribution in [0.1, 0.15) is 50.3 Å². The zero-order valence-corrected chi connectivity index (χ0v) is 18.8. The molecule has 1 amide bonds. The summed E-state index contributed by atoms with van der Waals surface area (Å²) in [6.07, 6.45) is 5.26. The molecule has 6 nitrogen and oxygen atoms in total. The summed E-state index contributed by atoms with van der Waals surface area (Å²) >= 11 is 0. The first-order chi connectivity index (χ1) is 15.1. The minimum absolute atomic E-state index is 0.0859. The van der Waals surface area contributed by atoms with Crippen LogP contribution in [0.3, 0.4) is 0 Å². The number of amides is 1. The number of hydrogen-bond donors (Lipinski definition) is 1. The predicted octanol–water partition coefficient (Wildman–Crippen LogP) is 3.45. The second kappa shape index (κ2) is 10.2. The van der Waals surface area contributed by atoms with E-state index in [0.717, 1.165) is 57.3 Å². The van der Waals surface area contributed by atoms with Crippen molar-refractivity contribution in [2.75, 3.05) is 37.6 Å². The standard InChI is InChI=1S/C25H35N5O/c1-19(2)10-12-26-24(31)22-18-29(16-20-8-4-3-5-9-20)17-21(22)23-11-13-27-25(28-23)30-14-6-7-15-30/h3-5,8-9,11,13,19,21-22H,6-7,10,12,14-18H2,1-2H3,(H,26,31)/t21-,22-/m0/s1. The van der Waals surface area contributed by atoms with E-state index in [9.17, 15) is 4.79 Å². The molecule has 0 aliphatic carbocycles. The summed E-state index contributed by atoms with van der Waals surface area (Å²) in [5.74, 6) is 1.56. The highest BCUT2D eigenvalue weighted by atomic mass is 16.1. The van der Waals surface area contributed by atoms with Crippen molar-refractivity contribution >= 4 is 11.9 Å². The first-order valence-corrected chi connectivity index (χ1v) is 11.7. The number of aromatic nitrogens is 2. The number of hydrogen-bond acceptors (Lipinski definition) is 5. The molecular formula is C25H35N5O. The van der Waals surface area contributed by atoms with Crippen LogP contribution in [0.4, 0.5) is 5.95 Å². The van der Waals surface area contributed by atoms with E-state index in [1.54, 1.807) is 0 Å². The molecule has 2 saturated heterocycles. The van der Waals surface area contributed by atoms with Crippen LogP contribution in [0.15, 0.2) is 42.6 Å². The molecular weight excluding hydrogens is 386 g/mol. The van der Waals surface area contributed by atoms with E-state index in [2.05, 4.69) is 58.2 Å². The largest absolute Gasteiger partial charge is 0.356 e. The quantitative estimate of drug-likeness (QED) is 0.707. The number of rotatable bonds is 8. The smallest absolute Gasteiger partial charge is 0.225 e. The summed E-state index contributed by atoms with van der Waals surface area (Å²) in [5, 5.41) is 3.19. The Balaban J connectivity index is 1.51. The molecule has 0 bridgehead atoms. The Kier molecular flexibility index (Phi) is 7.17. The van der Waals surface area contributed by atoms with Gasteiger partial charge in [-0.15, -0.1) is 0 Å². The van der Waals surface area contributed by atoms with Crippen molar-refractivity contribution in [1.82, 2.24) is 20.2 Å². The summed E-state index contributed by atoms with van der Waals surface area (Å²) in [7, 11) is 0. The van der Waals surface area contributed by atoms with Gasteiger partial charge in [0.1, 0.15) is 0 Å². The molecule has 1 N–H and O–H groups in total. The van der Waals surface area contributed by atoms with Gasteiger partial charge in [0.05, 0.1) is 11.6 Å². The third-order valence-electron chi connectivity index (χ3n) is 6.44. The van der Waals surface area contributed by atoms with Crippen molar-refractivity contribution in [2.24, 2.45) is 11.8 Å². The number of nitrogens with zero attached hydrogens (tertiary/aromatic N) is 4. The Bertz CT molecular complexity index is 850. The fraction of sp³-hybridized carbons (Fsp3) is 0.560. The molecule has 2 aromatic rings. The maximum atomic E-state index is 13.2. The van der Waals surface area contributed by atoms with Gasteiger partial charge in [-0.1, -0.05) is 44.2 Å². The van der Waals surface area contributed by atoms with Gasteiger partial charge in [0.25, 0.3) is 0 Å². The van der Waals surface area contributed by atoms with Gasteiger partial charge in [-0.3, -0.25) is 9.69 Å². The number of benzene rings is 1. The topological polar surface area (TPSA) is 61.4 Å². The first kappa shape index (κ1) is 21.8. The van der Waals surface area contributed by atoms with Crippen LogP contribution < -0.4 is 10.2 Å². The molecule has 3 heterocycles. The van der Waals surface area contributed by atoms with Gasteiger partial charge in [-0.25, -0.2) is 9.97 Å². The Labute approximate surface area is 186 Å². The van der Waals surface area contributed by atoms with E-state index in [-0.39, 0.29) is 17.7 Å². The normalized spacial score (nSPS) is 21.7. The zero-order valence-electron chi connectivity index (χ0n) is 18.8. The molecule has 1 aromatic heterocycles. The first-order valence-electron chi connectivity index (χ1n) is 11.7. The fourth-order valence-electron chi connectivity index (χ4n) is 4.67. The van der Waals surface area contributed by atoms with Gasteiger partial charge in [0.15, 0.2) is 0 Å². The number of likely N-dealkylation sites (tertiary alicyclic amines) is 1. The maximum absolute atomic E-state index is 13.2. The molecule has 0 radical (unpaired) electrons. The number of carbonyl (C=O) groups excluding carboxylic acids is 1. The molecule has 0 unspecified atom stereocenters. The van der Waals surface area contributed by atoms with Gasteiger partial charge >= 0.3 is 0 Å². The van der Waals surface area contributed by atoms with Crippen LogP contribution in [-0.2, 0) is 11.3 Å². The average Bonchev–Trinajstić information content (AvgIpc) is 3.45. The van der Waals surface area contributed by atoms with E-state index < -0.39 is 0 Å². The second-order valence-electron chi connectivity index (χ2n) is 9.34. The van der Waals surface area contributed by atoms with Crippen molar-refractivity contribution in [3.05, 3.63) is 53.9 Å². The van der Waals surface area contributed by atoms with E-state index in [0.29, 0.717) is 5.92 Å². The van der Waals surface area contributed by atoms with Gasteiger partial charge in [-0.05, 0) is 36.8 Å². The van der Waals surface area contributed by atoms with E-state index in [4.69, 9.17) is 4.98 Å². The van der Waals surface area contributed by atoms with E-state index in [1.165, 1.54) is 18.4 Å². The Morgan fingerprint density at radius 3 is 2.65 bits per heavy atom. The van der Waals surface area contributed by atoms with Gasteiger partial charge in [0.2, 0.25) is 11.9 Å². The molecule has 2 fully saturated rings. The van der Waals surface area contributed by atoms with Gasteiger partial charge in [0, 0.05) is 51.4 Å². The highest BCUT2D eigenvalue weighted by Crippen LogP contribution is 2.33. The molecule has 4 rings (SSSR count). The van der Waals surface area contributed by atoms with Crippen LogP contribution in [0.2, 0.25) is 0 Å². The third kappa shape index (κ3) is 5.62. The van der Waals surface area contributed by atoms with Crippen molar-refractivity contribution in [2.45, 2.75) is 45.6 Å². The molecule has 2 aliphatic rings. The molecule has 6 heteroatoms. The summed E-state index contributed by atoms with van der Waals surface area (Å²) in [4.78, 5) is 27.3. The average molecular weight is 422 g/mol. The van der Waals surface area contributed by atoms with Crippen LogP contribution >= 0.6 is 0 Å². The molecule has 0 spiro atoms. The number of nitrogens with one attached hydrogen (secondary N) is 1. The van der Waals surface area contributed by atoms with Crippen LogP contribution in [-0.4, -0.2) is 53.5 Å². The predicted molar refractivity (Wildman–Crippen MR) is 124 cm³/mol. The molecule has 31 heavy (non-hydrogen) atoms. The monoisotopic (exact) mass is 421 g/mol. The summed E-state index contributed by atoms with van der Waals surface area (Å²) in [5.41, 5.74) is 2.28. The number of carbonyl (C=O) groups is 1. The van der Waals surface area contributed by atoms with Crippen molar-refractivity contribution < 1.29 is 4.79 Å². The van der Waals surface area contributed by atoms with Crippen LogP contribution in [0, 0.1) is 11.8 Å². The third-order valence-corrected chi connectivity index (χ3v) is 6.44. The Morgan fingerprint density at radius 2 is 1.90 bits per heavy atom. The Hall–Kier alpha value is -2.47. The van der Waals surface area contributed by atoms with Gasteiger partial charge in [-0.2, -0.15) is 0 Å². The lowest BCUT2D eigenvalue weighted by atomic mass is 9.92. The fourth-order valence-corrected chi connectivity index (χ4v) is 4.67.